The van der Waals surface area contributed by atoms with Crippen LogP contribution in [0, 0.1) is 0 Å². The van der Waals surface area contributed by atoms with E-state index in [0.717, 1.165) is 18.9 Å². The predicted molar refractivity (Wildman–Crippen MR) is 60.4 cm³/mol. The SMILES string of the molecule is CCCN(CCC)C1CCC(O)CC1. The molecule has 1 rings (SSSR count). The van der Waals surface area contributed by atoms with Crippen LogP contribution in [-0.2, 0) is 0 Å². The van der Waals surface area contributed by atoms with Crippen LogP contribution in [0.1, 0.15) is 52.4 Å². The lowest BCUT2D eigenvalue weighted by atomic mass is 9.92. The van der Waals surface area contributed by atoms with Crippen LogP contribution in [0.2, 0.25) is 0 Å². The zero-order valence-electron chi connectivity index (χ0n) is 9.71. The molecular weight excluding hydrogens is 174 g/mol. The van der Waals surface area contributed by atoms with E-state index in [9.17, 15) is 5.11 Å². The second kappa shape index (κ2) is 6.41. The fraction of sp³-hybridized carbons (Fsp3) is 1.00. The van der Waals surface area contributed by atoms with Gasteiger partial charge in [0.25, 0.3) is 0 Å². The van der Waals surface area contributed by atoms with Gasteiger partial charge in [0.2, 0.25) is 0 Å². The first-order valence-corrected chi connectivity index (χ1v) is 6.20. The minimum Gasteiger partial charge on any atom is -0.393 e. The highest BCUT2D eigenvalue weighted by atomic mass is 16.3. The first-order chi connectivity index (χ1) is 6.77. The third-order valence-electron chi connectivity index (χ3n) is 3.20. The molecule has 0 spiro atoms. The molecule has 2 nitrogen and oxygen atoms in total. The summed E-state index contributed by atoms with van der Waals surface area (Å²) in [6.07, 6.45) is 6.89. The normalized spacial score (nSPS) is 28.3. The molecule has 0 bridgehead atoms. The Labute approximate surface area is 88.3 Å². The minimum atomic E-state index is -0.0173. The van der Waals surface area contributed by atoms with Crippen molar-refractivity contribution in [1.29, 1.82) is 0 Å². The average molecular weight is 199 g/mol. The molecule has 0 aliphatic heterocycles. The van der Waals surface area contributed by atoms with Gasteiger partial charge in [0.05, 0.1) is 6.10 Å². The maximum Gasteiger partial charge on any atom is 0.0541 e. The lowest BCUT2D eigenvalue weighted by Gasteiger charge is -2.35. The highest BCUT2D eigenvalue weighted by molar-refractivity contribution is 4.79. The molecule has 0 radical (unpaired) electrons. The van der Waals surface area contributed by atoms with Gasteiger partial charge in [-0.2, -0.15) is 0 Å². The summed E-state index contributed by atoms with van der Waals surface area (Å²) >= 11 is 0. The topological polar surface area (TPSA) is 23.5 Å². The minimum absolute atomic E-state index is 0.0173. The van der Waals surface area contributed by atoms with Crippen molar-refractivity contribution in [2.75, 3.05) is 13.1 Å². The van der Waals surface area contributed by atoms with E-state index < -0.39 is 0 Å². The largest absolute Gasteiger partial charge is 0.393 e. The second-order valence-corrected chi connectivity index (χ2v) is 4.50. The Morgan fingerprint density at radius 2 is 1.50 bits per heavy atom. The molecule has 1 saturated carbocycles. The Bertz CT molecular complexity index is 135. The molecule has 1 N–H and O–H groups in total. The van der Waals surface area contributed by atoms with Crippen molar-refractivity contribution >= 4 is 0 Å². The van der Waals surface area contributed by atoms with Crippen molar-refractivity contribution in [2.24, 2.45) is 0 Å². The van der Waals surface area contributed by atoms with E-state index in [1.807, 2.05) is 0 Å². The quantitative estimate of drug-likeness (QED) is 0.735. The van der Waals surface area contributed by atoms with Crippen molar-refractivity contribution in [2.45, 2.75) is 64.5 Å². The second-order valence-electron chi connectivity index (χ2n) is 4.50. The van der Waals surface area contributed by atoms with E-state index in [1.54, 1.807) is 0 Å². The Hall–Kier alpha value is -0.0800. The number of rotatable bonds is 5. The Balaban J connectivity index is 2.34. The molecule has 0 aromatic rings. The van der Waals surface area contributed by atoms with Gasteiger partial charge in [0.15, 0.2) is 0 Å². The van der Waals surface area contributed by atoms with Gasteiger partial charge < -0.3 is 10.0 Å². The van der Waals surface area contributed by atoms with Gasteiger partial charge in [-0.25, -0.2) is 0 Å². The van der Waals surface area contributed by atoms with Crippen molar-refractivity contribution in [1.82, 2.24) is 4.90 Å². The predicted octanol–water partition coefficient (Wildman–Crippen LogP) is 2.41. The number of aliphatic hydroxyl groups excluding tert-OH is 1. The molecule has 0 aromatic heterocycles. The lowest BCUT2D eigenvalue weighted by Crippen LogP contribution is -2.39. The third kappa shape index (κ3) is 3.58. The summed E-state index contributed by atoms with van der Waals surface area (Å²) in [5, 5.41) is 9.45. The molecule has 0 unspecified atom stereocenters. The van der Waals surface area contributed by atoms with E-state index in [4.69, 9.17) is 0 Å². The molecule has 0 atom stereocenters. The number of hydrogen-bond acceptors (Lipinski definition) is 2. The Morgan fingerprint density at radius 1 is 1.00 bits per heavy atom. The molecule has 0 aromatic carbocycles. The van der Waals surface area contributed by atoms with Crippen LogP contribution in [0.25, 0.3) is 0 Å². The lowest BCUT2D eigenvalue weighted by molar-refractivity contribution is 0.0736. The summed E-state index contributed by atoms with van der Waals surface area (Å²) in [5.41, 5.74) is 0. The maximum atomic E-state index is 9.45. The molecular formula is C12H25NO. The molecule has 1 aliphatic rings. The molecule has 84 valence electrons. The molecule has 14 heavy (non-hydrogen) atoms. The first-order valence-electron chi connectivity index (χ1n) is 6.20. The zero-order chi connectivity index (χ0) is 10.4. The van der Waals surface area contributed by atoms with Crippen LogP contribution >= 0.6 is 0 Å². The van der Waals surface area contributed by atoms with Gasteiger partial charge in [-0.1, -0.05) is 13.8 Å². The summed E-state index contributed by atoms with van der Waals surface area (Å²) in [4.78, 5) is 2.62. The van der Waals surface area contributed by atoms with Gasteiger partial charge in [-0.05, 0) is 51.6 Å². The van der Waals surface area contributed by atoms with Crippen LogP contribution in [0.5, 0.6) is 0 Å². The first kappa shape index (κ1) is 12.0. The summed E-state index contributed by atoms with van der Waals surface area (Å²) < 4.78 is 0. The number of hydrogen-bond donors (Lipinski definition) is 1. The van der Waals surface area contributed by atoms with Crippen molar-refractivity contribution in [3.63, 3.8) is 0 Å². The van der Waals surface area contributed by atoms with Crippen molar-refractivity contribution in [3.05, 3.63) is 0 Å². The Kier molecular flexibility index (Phi) is 5.49. The maximum absolute atomic E-state index is 9.45. The molecule has 1 fully saturated rings. The molecule has 0 amide bonds. The van der Waals surface area contributed by atoms with E-state index >= 15 is 0 Å². The third-order valence-corrected chi connectivity index (χ3v) is 3.20. The van der Waals surface area contributed by atoms with E-state index in [0.29, 0.717) is 0 Å². The summed E-state index contributed by atoms with van der Waals surface area (Å²) in [6, 6.07) is 0.748. The molecule has 0 saturated heterocycles. The fourth-order valence-corrected chi connectivity index (χ4v) is 2.47. The monoisotopic (exact) mass is 199 g/mol. The van der Waals surface area contributed by atoms with Crippen LogP contribution in [0.4, 0.5) is 0 Å². The van der Waals surface area contributed by atoms with Gasteiger partial charge in [0.1, 0.15) is 0 Å². The molecule has 2 heteroatoms. The summed E-state index contributed by atoms with van der Waals surface area (Å²) in [6.45, 7) is 6.96. The van der Waals surface area contributed by atoms with E-state index in [2.05, 4.69) is 18.7 Å². The number of nitrogens with zero attached hydrogens (tertiary/aromatic N) is 1. The Morgan fingerprint density at radius 3 is 1.93 bits per heavy atom. The zero-order valence-corrected chi connectivity index (χ0v) is 9.71. The summed E-state index contributed by atoms with van der Waals surface area (Å²) in [7, 11) is 0. The van der Waals surface area contributed by atoms with Crippen LogP contribution in [0.3, 0.4) is 0 Å². The van der Waals surface area contributed by atoms with Crippen LogP contribution in [-0.4, -0.2) is 35.2 Å². The van der Waals surface area contributed by atoms with E-state index in [-0.39, 0.29) is 6.10 Å². The molecule has 1 aliphatic carbocycles. The van der Waals surface area contributed by atoms with Gasteiger partial charge >= 0.3 is 0 Å². The van der Waals surface area contributed by atoms with Crippen LogP contribution in [0.15, 0.2) is 0 Å². The van der Waals surface area contributed by atoms with Gasteiger partial charge in [0, 0.05) is 6.04 Å². The smallest absolute Gasteiger partial charge is 0.0541 e. The highest BCUT2D eigenvalue weighted by Crippen LogP contribution is 2.23. The van der Waals surface area contributed by atoms with Crippen molar-refractivity contribution in [3.8, 4) is 0 Å². The number of aliphatic hydroxyl groups is 1. The fourth-order valence-electron chi connectivity index (χ4n) is 2.47. The van der Waals surface area contributed by atoms with Crippen molar-refractivity contribution < 1.29 is 5.11 Å². The van der Waals surface area contributed by atoms with E-state index in [1.165, 1.54) is 38.8 Å². The van der Waals surface area contributed by atoms with Crippen LogP contribution < -0.4 is 0 Å². The standard InChI is InChI=1S/C12H25NO/c1-3-9-13(10-4-2)11-5-7-12(14)8-6-11/h11-12,14H,3-10H2,1-2H3. The van der Waals surface area contributed by atoms with Gasteiger partial charge in [-0.15, -0.1) is 0 Å². The highest BCUT2D eigenvalue weighted by Gasteiger charge is 2.23. The summed E-state index contributed by atoms with van der Waals surface area (Å²) in [5.74, 6) is 0. The molecule has 0 heterocycles. The average Bonchev–Trinajstić information content (AvgIpc) is 2.19. The van der Waals surface area contributed by atoms with Gasteiger partial charge in [-0.3, -0.25) is 0 Å².